The highest BCUT2D eigenvalue weighted by Crippen LogP contribution is 2.47. The average molecular weight is 412 g/mol. The molecule has 1 aromatic heterocycles. The zero-order valence-electron chi connectivity index (χ0n) is 13.1. The largest absolute Gasteiger partial charge is 0.586 e. The Bertz CT molecular complexity index is 1230. The molecule has 1 aliphatic heterocycles. The van der Waals surface area contributed by atoms with Crippen molar-refractivity contribution in [1.29, 1.82) is 5.26 Å². The maximum absolute atomic E-state index is 13.4. The van der Waals surface area contributed by atoms with Gasteiger partial charge in [0.05, 0.1) is 17.3 Å². The van der Waals surface area contributed by atoms with E-state index in [2.05, 4.69) is 19.2 Å². The van der Waals surface area contributed by atoms with Crippen molar-refractivity contribution in [2.45, 2.75) is 11.2 Å². The molecule has 0 spiro atoms. The van der Waals surface area contributed by atoms with Gasteiger partial charge in [0.15, 0.2) is 11.5 Å². The second-order valence-corrected chi connectivity index (χ2v) is 7.67. The quantitative estimate of drug-likeness (QED) is 0.681. The van der Waals surface area contributed by atoms with Crippen molar-refractivity contribution in [2.24, 2.45) is 0 Å². The number of hydrogen-bond donors (Lipinski definition) is 2. The summed E-state index contributed by atoms with van der Waals surface area (Å²) in [6.45, 7) is 0. The number of nitrogens with one attached hydrogen (secondary N) is 2. The molecule has 2 aromatic carbocycles. The zero-order valence-corrected chi connectivity index (χ0v) is 14.7. The van der Waals surface area contributed by atoms with Crippen LogP contribution in [0.5, 0.6) is 11.5 Å². The predicted molar refractivity (Wildman–Crippen MR) is 91.5 cm³/mol. The van der Waals surface area contributed by atoms with Crippen molar-refractivity contribution in [3.05, 3.63) is 47.1 Å². The van der Waals surface area contributed by atoms with Gasteiger partial charge in [-0.1, -0.05) is 11.6 Å². The number of aromatic nitrogens is 1. The van der Waals surface area contributed by atoms with Crippen LogP contribution in [0.1, 0.15) is 5.56 Å². The Morgan fingerprint density at radius 3 is 2.74 bits per heavy atom. The molecule has 0 fully saturated rings. The van der Waals surface area contributed by atoms with Gasteiger partial charge in [-0.2, -0.15) is 5.26 Å². The number of rotatable bonds is 3. The van der Waals surface area contributed by atoms with Crippen LogP contribution in [-0.2, 0) is 10.0 Å². The van der Waals surface area contributed by atoms with Crippen LogP contribution in [0.3, 0.4) is 0 Å². The molecular formula is C16H8ClF2N3O4S. The summed E-state index contributed by atoms with van der Waals surface area (Å²) < 4.78 is 63.2. The number of aromatic amines is 1. The summed E-state index contributed by atoms with van der Waals surface area (Å²) in [5.41, 5.74) is 0.0491. The van der Waals surface area contributed by atoms with E-state index in [9.17, 15) is 17.2 Å². The third kappa shape index (κ3) is 3.01. The first-order chi connectivity index (χ1) is 12.7. The molecule has 11 heteroatoms. The maximum Gasteiger partial charge on any atom is 0.586 e. The van der Waals surface area contributed by atoms with Gasteiger partial charge < -0.3 is 14.5 Å². The van der Waals surface area contributed by atoms with Gasteiger partial charge in [0, 0.05) is 28.2 Å². The van der Waals surface area contributed by atoms with E-state index in [0.717, 1.165) is 12.1 Å². The zero-order chi connectivity index (χ0) is 19.4. The molecule has 0 radical (unpaired) electrons. The van der Waals surface area contributed by atoms with Crippen molar-refractivity contribution in [1.82, 2.24) is 4.98 Å². The number of sulfonamides is 1. The van der Waals surface area contributed by atoms with Crippen molar-refractivity contribution in [3.8, 4) is 17.6 Å². The Kier molecular flexibility index (Phi) is 3.69. The number of H-pyrrole nitrogens is 1. The third-order valence-electron chi connectivity index (χ3n) is 3.77. The first-order valence-corrected chi connectivity index (χ1v) is 9.18. The van der Waals surface area contributed by atoms with Crippen LogP contribution < -0.4 is 14.2 Å². The highest BCUT2D eigenvalue weighted by molar-refractivity contribution is 7.93. The molecule has 138 valence electrons. The molecule has 0 saturated heterocycles. The minimum Gasteiger partial charge on any atom is -0.395 e. The van der Waals surface area contributed by atoms with E-state index in [1.807, 2.05) is 0 Å². The smallest absolute Gasteiger partial charge is 0.395 e. The van der Waals surface area contributed by atoms with Gasteiger partial charge in [-0.15, -0.1) is 8.78 Å². The summed E-state index contributed by atoms with van der Waals surface area (Å²) in [6, 6.07) is 8.42. The fourth-order valence-corrected chi connectivity index (χ4v) is 4.09. The molecule has 1 aliphatic rings. The molecule has 0 atom stereocenters. The molecule has 27 heavy (non-hydrogen) atoms. The summed E-state index contributed by atoms with van der Waals surface area (Å²) in [5.74, 6) is -0.951. The van der Waals surface area contributed by atoms with Crippen LogP contribution in [0.4, 0.5) is 14.5 Å². The molecule has 2 N–H and O–H groups in total. The van der Waals surface area contributed by atoms with Gasteiger partial charge in [0.25, 0.3) is 10.0 Å². The minimum atomic E-state index is -4.21. The Labute approximate surface area is 156 Å². The maximum atomic E-state index is 13.4. The molecule has 3 aromatic rings. The second-order valence-electron chi connectivity index (χ2n) is 5.58. The van der Waals surface area contributed by atoms with E-state index < -0.39 is 27.8 Å². The van der Waals surface area contributed by atoms with Crippen LogP contribution in [0.2, 0.25) is 5.02 Å². The fraction of sp³-hybridized carbons (Fsp3) is 0.0625. The average Bonchev–Trinajstić information content (AvgIpc) is 3.13. The molecule has 4 rings (SSSR count). The number of ether oxygens (including phenoxy) is 2. The summed E-state index contributed by atoms with van der Waals surface area (Å²) in [5, 5.41) is 9.80. The predicted octanol–water partition coefficient (Wildman–Crippen LogP) is 3.82. The van der Waals surface area contributed by atoms with E-state index in [1.165, 1.54) is 18.3 Å². The van der Waals surface area contributed by atoms with Crippen molar-refractivity contribution >= 4 is 38.2 Å². The molecule has 2 heterocycles. The molecule has 0 aliphatic carbocycles. The van der Waals surface area contributed by atoms with Crippen molar-refractivity contribution in [3.63, 3.8) is 0 Å². The van der Waals surface area contributed by atoms with E-state index in [-0.39, 0.29) is 16.1 Å². The highest BCUT2D eigenvalue weighted by Gasteiger charge is 2.45. The lowest BCUT2D eigenvalue weighted by Gasteiger charge is -2.10. The summed E-state index contributed by atoms with van der Waals surface area (Å²) >= 11 is 5.88. The molecule has 0 bridgehead atoms. The molecule has 7 nitrogen and oxygen atoms in total. The summed E-state index contributed by atoms with van der Waals surface area (Å²) in [6.07, 6.45) is -2.72. The summed E-state index contributed by atoms with van der Waals surface area (Å²) in [7, 11) is -4.21. The number of alkyl halides is 2. The van der Waals surface area contributed by atoms with Gasteiger partial charge in [0.1, 0.15) is 4.90 Å². The number of benzene rings is 2. The Balaban J connectivity index is 1.80. The van der Waals surface area contributed by atoms with Gasteiger partial charge in [0.2, 0.25) is 0 Å². The van der Waals surface area contributed by atoms with Crippen LogP contribution in [-0.4, -0.2) is 19.7 Å². The summed E-state index contributed by atoms with van der Waals surface area (Å²) in [4.78, 5) is 2.65. The van der Waals surface area contributed by atoms with Crippen molar-refractivity contribution in [2.75, 3.05) is 4.72 Å². The molecule has 0 unspecified atom stereocenters. The standard InChI is InChI=1S/C16H8ClF2N3O4S/c17-9-1-2-10-11(5-9)21-7-14(10)27(23,24)22-12-3-8(6-20)4-13-15(12)26-16(18,19)25-13/h1-5,7,21-22H. The minimum absolute atomic E-state index is 0.0848. The number of nitriles is 1. The number of anilines is 1. The van der Waals surface area contributed by atoms with E-state index in [0.29, 0.717) is 15.9 Å². The van der Waals surface area contributed by atoms with Gasteiger partial charge >= 0.3 is 6.29 Å². The lowest BCUT2D eigenvalue weighted by atomic mass is 10.2. The Morgan fingerprint density at radius 1 is 1.22 bits per heavy atom. The topological polar surface area (TPSA) is 104 Å². The monoisotopic (exact) mass is 411 g/mol. The normalized spacial score (nSPS) is 14.9. The van der Waals surface area contributed by atoms with Crippen molar-refractivity contribution < 1.29 is 26.7 Å². The third-order valence-corrected chi connectivity index (χ3v) is 5.41. The van der Waals surface area contributed by atoms with E-state index >= 15 is 0 Å². The number of hydrogen-bond acceptors (Lipinski definition) is 5. The van der Waals surface area contributed by atoms with Gasteiger partial charge in [-0.25, -0.2) is 8.42 Å². The van der Waals surface area contributed by atoms with Gasteiger partial charge in [-0.3, -0.25) is 4.72 Å². The lowest BCUT2D eigenvalue weighted by Crippen LogP contribution is -2.26. The second kappa shape index (κ2) is 5.73. The first-order valence-electron chi connectivity index (χ1n) is 7.32. The number of halogens is 3. The molecule has 0 saturated carbocycles. The van der Waals surface area contributed by atoms with Crippen LogP contribution in [0, 0.1) is 11.3 Å². The highest BCUT2D eigenvalue weighted by atomic mass is 35.5. The Hall–Kier alpha value is -3.03. The number of nitrogens with zero attached hydrogens (tertiary/aromatic N) is 1. The lowest BCUT2D eigenvalue weighted by molar-refractivity contribution is -0.286. The first kappa shape index (κ1) is 17.4. The van der Waals surface area contributed by atoms with E-state index in [1.54, 1.807) is 12.1 Å². The molecular weight excluding hydrogens is 404 g/mol. The van der Waals surface area contributed by atoms with Crippen LogP contribution in [0.15, 0.2) is 41.4 Å². The van der Waals surface area contributed by atoms with Crippen LogP contribution in [0.25, 0.3) is 10.9 Å². The molecule has 0 amide bonds. The van der Waals surface area contributed by atoms with E-state index in [4.69, 9.17) is 16.9 Å². The SMILES string of the molecule is N#Cc1cc(NS(=O)(=O)c2c[nH]c3cc(Cl)ccc23)c2c(c1)OC(F)(F)O2. The Morgan fingerprint density at radius 2 is 2.00 bits per heavy atom. The number of fused-ring (bicyclic) bond motifs is 2. The fourth-order valence-electron chi connectivity index (χ4n) is 2.69. The van der Waals surface area contributed by atoms with Crippen LogP contribution >= 0.6 is 11.6 Å². The van der Waals surface area contributed by atoms with Gasteiger partial charge in [-0.05, 0) is 24.3 Å².